The Bertz CT molecular complexity index is 1130. The highest BCUT2D eigenvalue weighted by Gasteiger charge is 2.44. The van der Waals surface area contributed by atoms with E-state index in [-0.39, 0.29) is 17.8 Å². The van der Waals surface area contributed by atoms with Gasteiger partial charge in [-0.05, 0) is 41.2 Å². The van der Waals surface area contributed by atoms with Crippen LogP contribution in [0.3, 0.4) is 0 Å². The number of hydrogen-bond acceptors (Lipinski definition) is 3. The average molecular weight is 426 g/mol. The van der Waals surface area contributed by atoms with Crippen LogP contribution in [-0.4, -0.2) is 16.8 Å². The number of ketones is 1. The Labute approximate surface area is 188 Å². The van der Waals surface area contributed by atoms with Gasteiger partial charge in [-0.25, -0.2) is 0 Å². The van der Waals surface area contributed by atoms with Gasteiger partial charge in [0.05, 0.1) is 11.6 Å². The van der Waals surface area contributed by atoms with Crippen LogP contribution in [0.15, 0.2) is 96.3 Å². The first-order chi connectivity index (χ1) is 15.5. The number of aliphatic hydroxyl groups is 1. The molecule has 1 unspecified atom stereocenters. The fourth-order valence-corrected chi connectivity index (χ4v) is 4.16. The summed E-state index contributed by atoms with van der Waals surface area (Å²) in [5.41, 5.74) is 3.83. The van der Waals surface area contributed by atoms with Crippen molar-refractivity contribution in [3.05, 3.63) is 113 Å². The fraction of sp³-hybridized carbons (Fsp3) is 0.214. The van der Waals surface area contributed by atoms with Crippen LogP contribution in [0.5, 0.6) is 0 Å². The molecule has 1 atom stereocenters. The molecule has 3 aromatic rings. The predicted octanol–water partition coefficient (Wildman–Crippen LogP) is 5.91. The molecule has 0 fully saturated rings. The second-order valence-corrected chi connectivity index (χ2v) is 8.41. The van der Waals surface area contributed by atoms with Crippen molar-refractivity contribution < 1.29 is 14.7 Å². The smallest absolute Gasteiger partial charge is 0.294 e. The van der Waals surface area contributed by atoms with Crippen molar-refractivity contribution in [2.24, 2.45) is 0 Å². The predicted molar refractivity (Wildman–Crippen MR) is 127 cm³/mol. The van der Waals surface area contributed by atoms with Crippen LogP contribution in [-0.2, 0) is 16.0 Å². The van der Waals surface area contributed by atoms with Crippen molar-refractivity contribution in [3.63, 3.8) is 0 Å². The van der Waals surface area contributed by atoms with E-state index in [1.807, 2.05) is 84.9 Å². The van der Waals surface area contributed by atoms with Crippen LogP contribution in [0.1, 0.15) is 48.9 Å². The van der Waals surface area contributed by atoms with Crippen LogP contribution >= 0.6 is 0 Å². The molecule has 4 heteroatoms. The van der Waals surface area contributed by atoms with E-state index in [0.717, 1.165) is 16.7 Å². The third-order valence-corrected chi connectivity index (χ3v) is 5.95. The molecule has 0 saturated carbocycles. The molecule has 162 valence electrons. The number of hydrogen-bond donors (Lipinski definition) is 1. The van der Waals surface area contributed by atoms with Crippen LogP contribution in [0.2, 0.25) is 0 Å². The third-order valence-electron chi connectivity index (χ3n) is 5.95. The van der Waals surface area contributed by atoms with Gasteiger partial charge in [-0.15, -0.1) is 0 Å². The van der Waals surface area contributed by atoms with Gasteiger partial charge < -0.3 is 5.11 Å². The van der Waals surface area contributed by atoms with Gasteiger partial charge in [-0.1, -0.05) is 86.6 Å². The molecular weight excluding hydrogens is 398 g/mol. The SMILES string of the molecule is CC(C)c1ccc(N2C(=O)C(O)=C(C(=O)CCc3ccccc3)C2c2ccccc2)cc1. The molecule has 4 nitrogen and oxygen atoms in total. The normalized spacial score (nSPS) is 16.2. The zero-order valence-electron chi connectivity index (χ0n) is 18.4. The monoisotopic (exact) mass is 425 g/mol. The lowest BCUT2D eigenvalue weighted by molar-refractivity contribution is -0.118. The molecule has 1 heterocycles. The number of aliphatic hydroxyl groups excluding tert-OH is 1. The number of carbonyl (C=O) groups is 2. The van der Waals surface area contributed by atoms with Crippen molar-refractivity contribution in [1.82, 2.24) is 0 Å². The van der Waals surface area contributed by atoms with Crippen LogP contribution in [0.25, 0.3) is 0 Å². The molecule has 3 aromatic carbocycles. The number of aryl methyl sites for hydroxylation is 1. The number of benzene rings is 3. The van der Waals surface area contributed by atoms with Gasteiger partial charge in [0.1, 0.15) is 0 Å². The van der Waals surface area contributed by atoms with E-state index < -0.39 is 17.7 Å². The van der Waals surface area contributed by atoms with Gasteiger partial charge in [0.25, 0.3) is 5.91 Å². The Kier molecular flexibility index (Phi) is 6.22. The van der Waals surface area contributed by atoms with E-state index in [1.54, 1.807) is 0 Å². The first kappa shape index (κ1) is 21.6. The van der Waals surface area contributed by atoms with E-state index >= 15 is 0 Å². The topological polar surface area (TPSA) is 57.6 Å². The molecule has 1 aliphatic heterocycles. The zero-order valence-corrected chi connectivity index (χ0v) is 18.4. The van der Waals surface area contributed by atoms with E-state index in [0.29, 0.717) is 18.0 Å². The van der Waals surface area contributed by atoms with Crippen molar-refractivity contribution in [1.29, 1.82) is 0 Å². The number of rotatable bonds is 7. The minimum absolute atomic E-state index is 0.171. The van der Waals surface area contributed by atoms with Crippen LogP contribution in [0.4, 0.5) is 5.69 Å². The maximum Gasteiger partial charge on any atom is 0.294 e. The summed E-state index contributed by atoms with van der Waals surface area (Å²) in [7, 11) is 0. The van der Waals surface area contributed by atoms with E-state index in [1.165, 1.54) is 4.90 Å². The lowest BCUT2D eigenvalue weighted by atomic mass is 9.93. The lowest BCUT2D eigenvalue weighted by Gasteiger charge is -2.27. The van der Waals surface area contributed by atoms with Crippen molar-refractivity contribution in [2.75, 3.05) is 4.90 Å². The molecule has 0 radical (unpaired) electrons. The lowest BCUT2D eigenvalue weighted by Crippen LogP contribution is -2.31. The molecule has 0 spiro atoms. The Morgan fingerprint density at radius 2 is 1.50 bits per heavy atom. The van der Waals surface area contributed by atoms with Gasteiger partial charge in [0, 0.05) is 12.1 Å². The van der Waals surface area contributed by atoms with Crippen LogP contribution in [0, 0.1) is 0 Å². The van der Waals surface area contributed by atoms with Gasteiger partial charge in [0.2, 0.25) is 0 Å². The summed E-state index contributed by atoms with van der Waals surface area (Å²) >= 11 is 0. The number of nitrogens with zero attached hydrogens (tertiary/aromatic N) is 1. The molecule has 1 N–H and O–H groups in total. The first-order valence-electron chi connectivity index (χ1n) is 11.0. The van der Waals surface area contributed by atoms with E-state index in [2.05, 4.69) is 13.8 Å². The highest BCUT2D eigenvalue weighted by Crippen LogP contribution is 2.41. The Balaban J connectivity index is 1.69. The zero-order chi connectivity index (χ0) is 22.7. The average Bonchev–Trinajstić information content (AvgIpc) is 3.09. The molecule has 1 aliphatic rings. The maximum atomic E-state index is 13.3. The standard InChI is InChI=1S/C28H27NO3/c1-19(2)21-14-16-23(17-15-21)29-26(22-11-7-4-8-12-22)25(27(31)28(29)32)24(30)18-13-20-9-5-3-6-10-20/h3-12,14-17,19,26,31H,13,18H2,1-2H3. The molecule has 32 heavy (non-hydrogen) atoms. The van der Waals surface area contributed by atoms with Crippen molar-refractivity contribution in [2.45, 2.75) is 38.6 Å². The van der Waals surface area contributed by atoms with Gasteiger partial charge in [-0.2, -0.15) is 0 Å². The molecule has 0 bridgehead atoms. The maximum absolute atomic E-state index is 13.3. The first-order valence-corrected chi connectivity index (χ1v) is 11.0. The summed E-state index contributed by atoms with van der Waals surface area (Å²) in [4.78, 5) is 28.0. The summed E-state index contributed by atoms with van der Waals surface area (Å²) in [6.07, 6.45) is 0.773. The highest BCUT2D eigenvalue weighted by atomic mass is 16.3. The Morgan fingerprint density at radius 3 is 2.09 bits per heavy atom. The summed E-state index contributed by atoms with van der Waals surface area (Å²) in [5.74, 6) is -0.844. The molecule has 0 aromatic heterocycles. The Morgan fingerprint density at radius 1 is 0.906 bits per heavy atom. The van der Waals surface area contributed by atoms with Crippen LogP contribution < -0.4 is 4.90 Å². The summed E-state index contributed by atoms with van der Waals surface area (Å²) in [6.45, 7) is 4.22. The minimum Gasteiger partial charge on any atom is -0.503 e. The van der Waals surface area contributed by atoms with Gasteiger partial charge in [0.15, 0.2) is 11.5 Å². The summed E-state index contributed by atoms with van der Waals surface area (Å²) < 4.78 is 0. The summed E-state index contributed by atoms with van der Waals surface area (Å²) in [6, 6.07) is 26.2. The van der Waals surface area contributed by atoms with E-state index in [4.69, 9.17) is 0 Å². The number of anilines is 1. The van der Waals surface area contributed by atoms with Crippen molar-refractivity contribution in [3.8, 4) is 0 Å². The molecule has 0 saturated heterocycles. The summed E-state index contributed by atoms with van der Waals surface area (Å²) in [5, 5.41) is 10.8. The Hall–Kier alpha value is -3.66. The molecular formula is C28H27NO3. The number of amides is 1. The fourth-order valence-electron chi connectivity index (χ4n) is 4.16. The number of Topliss-reactive ketones (excluding diaryl/α,β-unsaturated/α-hetero) is 1. The number of carbonyl (C=O) groups excluding carboxylic acids is 2. The minimum atomic E-state index is -0.656. The molecule has 1 amide bonds. The largest absolute Gasteiger partial charge is 0.503 e. The highest BCUT2D eigenvalue weighted by molar-refractivity contribution is 6.16. The quantitative estimate of drug-likeness (QED) is 0.512. The van der Waals surface area contributed by atoms with Crippen molar-refractivity contribution >= 4 is 17.4 Å². The van der Waals surface area contributed by atoms with E-state index in [9.17, 15) is 14.7 Å². The second kappa shape index (κ2) is 9.23. The molecule has 4 rings (SSSR count). The van der Waals surface area contributed by atoms with Gasteiger partial charge >= 0.3 is 0 Å². The van der Waals surface area contributed by atoms with Gasteiger partial charge in [-0.3, -0.25) is 14.5 Å². The third kappa shape index (κ3) is 4.22. The molecule has 0 aliphatic carbocycles. The second-order valence-electron chi connectivity index (χ2n) is 8.41.